The maximum Gasteiger partial charge on any atom is 0.317 e. The third kappa shape index (κ3) is 6.02. The molecule has 0 radical (unpaired) electrons. The Morgan fingerprint density at radius 3 is 2.68 bits per heavy atom. The Kier molecular flexibility index (Phi) is 6.97. The molecular formula is C19H26ClN5O3. The van der Waals surface area contributed by atoms with Gasteiger partial charge in [0, 0.05) is 37.3 Å². The highest BCUT2D eigenvalue weighted by Crippen LogP contribution is 2.20. The Hall–Kier alpha value is -2.48. The summed E-state index contributed by atoms with van der Waals surface area (Å²) in [5.74, 6) is 0.471. The molecule has 4 amide bonds. The summed E-state index contributed by atoms with van der Waals surface area (Å²) >= 11 is 5.85. The topological polar surface area (TPSA) is 99.5 Å². The number of halogens is 1. The Morgan fingerprint density at radius 2 is 2.00 bits per heavy atom. The third-order valence-electron chi connectivity index (χ3n) is 4.56. The summed E-state index contributed by atoms with van der Waals surface area (Å²) in [7, 11) is 1.68. The number of hydrogen-bond donors (Lipinski definition) is 3. The van der Waals surface area contributed by atoms with Gasteiger partial charge in [0.1, 0.15) is 5.52 Å². The van der Waals surface area contributed by atoms with Crippen LogP contribution in [-0.2, 0) is 6.54 Å². The summed E-state index contributed by atoms with van der Waals surface area (Å²) in [4.78, 5) is 28.5. The summed E-state index contributed by atoms with van der Waals surface area (Å²) in [5, 5.41) is 8.76. The molecule has 2 aliphatic rings. The zero-order valence-corrected chi connectivity index (χ0v) is 16.7. The number of oxazole rings is 1. The van der Waals surface area contributed by atoms with Crippen LogP contribution in [0.5, 0.6) is 0 Å². The van der Waals surface area contributed by atoms with Crippen LogP contribution in [0.1, 0.15) is 38.0 Å². The maximum absolute atomic E-state index is 11.4. The lowest BCUT2D eigenvalue weighted by atomic mass is 10.1. The van der Waals surface area contributed by atoms with Crippen molar-refractivity contribution in [1.82, 2.24) is 25.8 Å². The van der Waals surface area contributed by atoms with Gasteiger partial charge in [-0.25, -0.2) is 14.6 Å². The van der Waals surface area contributed by atoms with Crippen molar-refractivity contribution in [2.45, 2.75) is 44.7 Å². The molecule has 1 saturated heterocycles. The number of nitrogens with one attached hydrogen (secondary N) is 3. The predicted molar refractivity (Wildman–Crippen MR) is 107 cm³/mol. The van der Waals surface area contributed by atoms with Crippen molar-refractivity contribution in [1.29, 1.82) is 0 Å². The Bertz CT molecular complexity index is 815. The molecule has 28 heavy (non-hydrogen) atoms. The molecule has 3 N–H and O–H groups in total. The van der Waals surface area contributed by atoms with Gasteiger partial charge in [-0.15, -0.1) is 0 Å². The zero-order valence-electron chi connectivity index (χ0n) is 16.0. The molecule has 1 aliphatic carbocycles. The van der Waals surface area contributed by atoms with Gasteiger partial charge < -0.3 is 25.3 Å². The molecule has 2 fully saturated rings. The summed E-state index contributed by atoms with van der Waals surface area (Å²) in [6, 6.07) is 5.47. The van der Waals surface area contributed by atoms with E-state index in [0.717, 1.165) is 44.3 Å². The average molecular weight is 408 g/mol. The van der Waals surface area contributed by atoms with E-state index in [1.54, 1.807) is 25.2 Å². The van der Waals surface area contributed by atoms with E-state index in [4.69, 9.17) is 16.0 Å². The second kappa shape index (κ2) is 9.64. The van der Waals surface area contributed by atoms with E-state index in [9.17, 15) is 9.59 Å². The normalized spacial score (nSPS) is 16.1. The van der Waals surface area contributed by atoms with Crippen LogP contribution in [-0.4, -0.2) is 48.1 Å². The smallest absolute Gasteiger partial charge is 0.317 e. The van der Waals surface area contributed by atoms with Crippen LogP contribution in [0, 0.1) is 0 Å². The van der Waals surface area contributed by atoms with E-state index in [1.807, 2.05) is 4.90 Å². The minimum atomic E-state index is -0.183. The second-order valence-corrected chi connectivity index (χ2v) is 7.36. The monoisotopic (exact) mass is 407 g/mol. The van der Waals surface area contributed by atoms with Crippen LogP contribution < -0.4 is 16.0 Å². The first-order valence-electron chi connectivity index (χ1n) is 9.61. The molecule has 1 aliphatic heterocycles. The molecule has 152 valence electrons. The van der Waals surface area contributed by atoms with E-state index in [0.29, 0.717) is 22.5 Å². The molecule has 0 atom stereocenters. The highest BCUT2D eigenvalue weighted by molar-refractivity contribution is 6.31. The van der Waals surface area contributed by atoms with Crippen molar-refractivity contribution in [3.05, 3.63) is 29.1 Å². The number of benzene rings is 1. The van der Waals surface area contributed by atoms with Gasteiger partial charge in [-0.05, 0) is 44.2 Å². The lowest BCUT2D eigenvalue weighted by molar-refractivity contribution is 0.188. The van der Waals surface area contributed by atoms with Gasteiger partial charge in [0.2, 0.25) is 5.89 Å². The number of nitrogens with zero attached hydrogens (tertiary/aromatic N) is 2. The van der Waals surface area contributed by atoms with Gasteiger partial charge in [-0.2, -0.15) is 0 Å². The number of amides is 4. The van der Waals surface area contributed by atoms with Crippen LogP contribution >= 0.6 is 11.6 Å². The number of carbonyl (C=O) groups excluding carboxylic acids is 2. The molecular weight excluding hydrogens is 382 g/mol. The number of hydrogen-bond acceptors (Lipinski definition) is 4. The fourth-order valence-electron chi connectivity index (χ4n) is 2.90. The van der Waals surface area contributed by atoms with E-state index in [2.05, 4.69) is 20.9 Å². The Balaban J connectivity index is 0.000000192. The van der Waals surface area contributed by atoms with Crippen molar-refractivity contribution >= 4 is 34.8 Å². The Morgan fingerprint density at radius 1 is 1.25 bits per heavy atom. The number of aromatic nitrogens is 1. The molecule has 0 spiro atoms. The van der Waals surface area contributed by atoms with E-state index >= 15 is 0 Å². The first-order valence-corrected chi connectivity index (χ1v) is 9.99. The number of urea groups is 2. The van der Waals surface area contributed by atoms with Crippen LogP contribution in [0.25, 0.3) is 11.1 Å². The first kappa shape index (κ1) is 20.3. The number of fused-ring (bicyclic) bond motifs is 1. The highest BCUT2D eigenvalue weighted by Gasteiger charge is 2.23. The molecule has 4 rings (SSSR count). The fraction of sp³-hybridized carbons (Fsp3) is 0.526. The first-order chi connectivity index (χ1) is 13.5. The lowest BCUT2D eigenvalue weighted by Crippen LogP contribution is -2.41. The number of rotatable bonds is 3. The zero-order chi connectivity index (χ0) is 19.9. The molecule has 9 heteroatoms. The number of carbonyl (C=O) groups is 2. The SMILES string of the molecule is CNC(=O)N1CCCCC1.O=C(NCc1nc2ccc(Cl)cc2o1)NC1CC1. The summed E-state index contributed by atoms with van der Waals surface area (Å²) in [6.07, 6.45) is 5.72. The molecule has 0 bridgehead atoms. The quantitative estimate of drug-likeness (QED) is 0.727. The molecule has 1 aromatic carbocycles. The van der Waals surface area contributed by atoms with Gasteiger partial charge in [0.05, 0.1) is 6.54 Å². The van der Waals surface area contributed by atoms with Crippen molar-refractivity contribution in [3.8, 4) is 0 Å². The van der Waals surface area contributed by atoms with E-state index in [1.165, 1.54) is 6.42 Å². The molecule has 0 unspecified atom stereocenters. The number of likely N-dealkylation sites (tertiary alicyclic amines) is 1. The average Bonchev–Trinajstić information content (AvgIpc) is 3.43. The Labute approximate surface area is 169 Å². The van der Waals surface area contributed by atoms with Crippen molar-refractivity contribution in [2.24, 2.45) is 0 Å². The van der Waals surface area contributed by atoms with Crippen molar-refractivity contribution < 1.29 is 14.0 Å². The van der Waals surface area contributed by atoms with Gasteiger partial charge in [-0.3, -0.25) is 0 Å². The summed E-state index contributed by atoms with van der Waals surface area (Å²) in [6.45, 7) is 2.13. The van der Waals surface area contributed by atoms with Crippen molar-refractivity contribution in [3.63, 3.8) is 0 Å². The number of piperidine rings is 1. The standard InChI is InChI=1S/C12H12ClN3O2.C7H14N2O/c13-7-1-4-9-10(5-7)18-11(16-9)6-14-12(17)15-8-2-3-8;1-8-7(10)9-5-3-2-4-6-9/h1,4-5,8H,2-3,6H2,(H2,14,15,17);2-6H2,1H3,(H,8,10). The van der Waals surface area contributed by atoms with Crippen LogP contribution in [0.3, 0.4) is 0 Å². The minimum absolute atomic E-state index is 0.0692. The van der Waals surface area contributed by atoms with Crippen molar-refractivity contribution in [2.75, 3.05) is 20.1 Å². The predicted octanol–water partition coefficient (Wildman–Crippen LogP) is 3.25. The minimum Gasteiger partial charge on any atom is -0.439 e. The second-order valence-electron chi connectivity index (χ2n) is 6.92. The summed E-state index contributed by atoms with van der Waals surface area (Å²) < 4.78 is 5.48. The van der Waals surface area contributed by atoms with Gasteiger partial charge in [-0.1, -0.05) is 11.6 Å². The third-order valence-corrected chi connectivity index (χ3v) is 4.80. The van der Waals surface area contributed by atoms with Gasteiger partial charge in [0.15, 0.2) is 5.58 Å². The van der Waals surface area contributed by atoms with Crippen LogP contribution in [0.15, 0.2) is 22.6 Å². The van der Waals surface area contributed by atoms with E-state index in [-0.39, 0.29) is 18.6 Å². The summed E-state index contributed by atoms with van der Waals surface area (Å²) in [5.41, 5.74) is 1.36. The fourth-order valence-corrected chi connectivity index (χ4v) is 3.06. The molecule has 1 aromatic heterocycles. The molecule has 2 aromatic rings. The highest BCUT2D eigenvalue weighted by atomic mass is 35.5. The lowest BCUT2D eigenvalue weighted by Gasteiger charge is -2.25. The van der Waals surface area contributed by atoms with Crippen LogP contribution in [0.4, 0.5) is 9.59 Å². The largest absolute Gasteiger partial charge is 0.439 e. The molecule has 1 saturated carbocycles. The van der Waals surface area contributed by atoms with E-state index < -0.39 is 0 Å². The van der Waals surface area contributed by atoms with Gasteiger partial charge in [0.25, 0.3) is 0 Å². The molecule has 8 nitrogen and oxygen atoms in total. The van der Waals surface area contributed by atoms with Gasteiger partial charge >= 0.3 is 12.1 Å². The van der Waals surface area contributed by atoms with Crippen LogP contribution in [0.2, 0.25) is 5.02 Å². The maximum atomic E-state index is 11.4. The molecule has 2 heterocycles.